The predicted octanol–water partition coefficient (Wildman–Crippen LogP) is 3.77. The zero-order valence-electron chi connectivity index (χ0n) is 14.1. The number of nitrogens with one attached hydrogen (secondary N) is 1. The number of benzene rings is 2. The number of anilines is 1. The van der Waals surface area contributed by atoms with Crippen LogP contribution < -0.4 is 9.46 Å². The Morgan fingerprint density at radius 3 is 2.32 bits per heavy atom. The van der Waals surface area contributed by atoms with Crippen molar-refractivity contribution < 1.29 is 17.6 Å². The number of para-hydroxylation sites is 2. The van der Waals surface area contributed by atoms with Gasteiger partial charge in [0, 0.05) is 12.5 Å². The van der Waals surface area contributed by atoms with Gasteiger partial charge in [-0.3, -0.25) is 4.72 Å². The lowest BCUT2D eigenvalue weighted by Crippen LogP contribution is -2.13. The number of aryl methyl sites for hydroxylation is 2. The van der Waals surface area contributed by atoms with Crippen molar-refractivity contribution in [2.45, 2.75) is 18.7 Å². The van der Waals surface area contributed by atoms with Crippen LogP contribution in [0.1, 0.15) is 11.7 Å². The van der Waals surface area contributed by atoms with Gasteiger partial charge in [0.2, 0.25) is 0 Å². The average Bonchev–Trinajstić information content (AvgIpc) is 2.93. The summed E-state index contributed by atoms with van der Waals surface area (Å²) in [6.07, 6.45) is 0. The van der Waals surface area contributed by atoms with Crippen molar-refractivity contribution in [2.75, 3.05) is 11.8 Å². The van der Waals surface area contributed by atoms with Crippen molar-refractivity contribution in [3.05, 3.63) is 60.2 Å². The largest absolute Gasteiger partial charge is 0.495 e. The number of nitrogens with zero attached hydrogens (tertiary/aromatic N) is 1. The van der Waals surface area contributed by atoms with Gasteiger partial charge in [0.15, 0.2) is 5.89 Å². The molecule has 0 aliphatic rings. The molecule has 0 aliphatic carbocycles. The number of oxazole rings is 1. The molecule has 0 unspecified atom stereocenters. The summed E-state index contributed by atoms with van der Waals surface area (Å²) in [6, 6.07) is 13.3. The molecule has 6 nitrogen and oxygen atoms in total. The van der Waals surface area contributed by atoms with Gasteiger partial charge in [-0.2, -0.15) is 0 Å². The van der Waals surface area contributed by atoms with E-state index < -0.39 is 10.0 Å². The molecule has 3 rings (SSSR count). The molecule has 0 saturated carbocycles. The molecule has 7 heteroatoms. The van der Waals surface area contributed by atoms with Crippen LogP contribution in [0.5, 0.6) is 5.75 Å². The molecule has 130 valence electrons. The Labute approximate surface area is 146 Å². The van der Waals surface area contributed by atoms with E-state index in [2.05, 4.69) is 9.71 Å². The van der Waals surface area contributed by atoms with E-state index >= 15 is 0 Å². The molecule has 1 heterocycles. The van der Waals surface area contributed by atoms with Crippen LogP contribution in [0.3, 0.4) is 0 Å². The van der Waals surface area contributed by atoms with Gasteiger partial charge in [0.1, 0.15) is 17.2 Å². The van der Waals surface area contributed by atoms with Crippen molar-refractivity contribution in [1.82, 2.24) is 4.98 Å². The zero-order chi connectivity index (χ0) is 18.0. The number of hydrogen-bond donors (Lipinski definition) is 1. The van der Waals surface area contributed by atoms with Crippen LogP contribution in [0.25, 0.3) is 11.3 Å². The van der Waals surface area contributed by atoms with Gasteiger partial charge in [-0.05, 0) is 31.2 Å². The van der Waals surface area contributed by atoms with E-state index in [9.17, 15) is 8.42 Å². The molecule has 0 amide bonds. The third kappa shape index (κ3) is 3.51. The second-order valence-corrected chi connectivity index (χ2v) is 7.15. The first kappa shape index (κ1) is 17.0. The van der Waals surface area contributed by atoms with Gasteiger partial charge in [-0.15, -0.1) is 0 Å². The topological polar surface area (TPSA) is 81.4 Å². The number of methoxy groups -OCH3 is 1. The van der Waals surface area contributed by atoms with Crippen LogP contribution in [0.4, 0.5) is 5.69 Å². The van der Waals surface area contributed by atoms with E-state index in [0.717, 1.165) is 5.56 Å². The normalized spacial score (nSPS) is 11.3. The molecule has 0 spiro atoms. The number of rotatable bonds is 5. The molecule has 25 heavy (non-hydrogen) atoms. The first-order chi connectivity index (χ1) is 11.9. The van der Waals surface area contributed by atoms with Crippen molar-refractivity contribution in [3.8, 4) is 17.0 Å². The Morgan fingerprint density at radius 2 is 1.72 bits per heavy atom. The van der Waals surface area contributed by atoms with E-state index in [4.69, 9.17) is 9.15 Å². The lowest BCUT2D eigenvalue weighted by molar-refractivity contribution is 0.417. The average molecular weight is 358 g/mol. The molecular weight excluding hydrogens is 340 g/mol. The Hall–Kier alpha value is -2.80. The molecule has 0 atom stereocenters. The van der Waals surface area contributed by atoms with Crippen molar-refractivity contribution in [3.63, 3.8) is 0 Å². The van der Waals surface area contributed by atoms with Gasteiger partial charge >= 0.3 is 0 Å². The highest BCUT2D eigenvalue weighted by atomic mass is 32.2. The molecule has 0 fully saturated rings. The molecule has 0 bridgehead atoms. The fraction of sp³-hybridized carbons (Fsp3) is 0.167. The summed E-state index contributed by atoms with van der Waals surface area (Å²) < 4.78 is 38.3. The summed E-state index contributed by atoms with van der Waals surface area (Å²) in [4.78, 5) is 4.47. The Kier molecular flexibility index (Phi) is 4.50. The van der Waals surface area contributed by atoms with E-state index in [1.165, 1.54) is 19.2 Å². The third-order valence-electron chi connectivity index (χ3n) is 3.69. The highest BCUT2D eigenvalue weighted by Gasteiger charge is 2.17. The Balaban J connectivity index is 1.89. The molecule has 0 radical (unpaired) electrons. The fourth-order valence-electron chi connectivity index (χ4n) is 2.52. The minimum atomic E-state index is -3.72. The Morgan fingerprint density at radius 1 is 1.04 bits per heavy atom. The van der Waals surface area contributed by atoms with Crippen molar-refractivity contribution in [1.29, 1.82) is 0 Å². The zero-order valence-corrected chi connectivity index (χ0v) is 14.9. The quantitative estimate of drug-likeness (QED) is 0.751. The molecule has 3 aromatic rings. The fourth-order valence-corrected chi connectivity index (χ4v) is 3.59. The first-order valence-electron chi connectivity index (χ1n) is 7.61. The maximum atomic E-state index is 12.6. The number of hydrogen-bond acceptors (Lipinski definition) is 5. The summed E-state index contributed by atoms with van der Waals surface area (Å²) in [5.74, 6) is 1.72. The summed E-state index contributed by atoms with van der Waals surface area (Å²) in [5, 5.41) is 0. The van der Waals surface area contributed by atoms with Crippen molar-refractivity contribution >= 4 is 15.7 Å². The van der Waals surface area contributed by atoms with E-state index in [0.29, 0.717) is 28.8 Å². The van der Waals surface area contributed by atoms with Gasteiger partial charge in [-0.25, -0.2) is 13.4 Å². The minimum Gasteiger partial charge on any atom is -0.495 e. The van der Waals surface area contributed by atoms with Gasteiger partial charge in [-0.1, -0.05) is 24.3 Å². The minimum absolute atomic E-state index is 0.153. The maximum Gasteiger partial charge on any atom is 0.262 e. The lowest BCUT2D eigenvalue weighted by atomic mass is 10.1. The summed E-state index contributed by atoms with van der Waals surface area (Å²) in [7, 11) is -2.23. The van der Waals surface area contributed by atoms with Crippen LogP contribution in [-0.4, -0.2) is 20.5 Å². The van der Waals surface area contributed by atoms with Gasteiger partial charge in [0.25, 0.3) is 10.0 Å². The molecule has 1 N–H and O–H groups in total. The van der Waals surface area contributed by atoms with Crippen LogP contribution in [-0.2, 0) is 10.0 Å². The third-order valence-corrected chi connectivity index (χ3v) is 5.07. The number of ether oxygens (including phenoxy) is 1. The number of aromatic nitrogens is 1. The molecule has 1 aromatic heterocycles. The second-order valence-electron chi connectivity index (χ2n) is 5.47. The van der Waals surface area contributed by atoms with Crippen LogP contribution in [0, 0.1) is 13.8 Å². The lowest BCUT2D eigenvalue weighted by Gasteiger charge is -2.11. The highest BCUT2D eigenvalue weighted by molar-refractivity contribution is 7.92. The first-order valence-corrected chi connectivity index (χ1v) is 9.09. The molecular formula is C18H18N2O4S. The van der Waals surface area contributed by atoms with Crippen molar-refractivity contribution in [2.24, 2.45) is 0 Å². The summed E-state index contributed by atoms with van der Waals surface area (Å²) >= 11 is 0. The maximum absolute atomic E-state index is 12.6. The van der Waals surface area contributed by atoms with Gasteiger partial charge in [0.05, 0.1) is 17.7 Å². The molecule has 0 aliphatic heterocycles. The van der Waals surface area contributed by atoms with E-state index in [1.54, 1.807) is 43.3 Å². The van der Waals surface area contributed by atoms with Crippen LogP contribution in [0.2, 0.25) is 0 Å². The predicted molar refractivity (Wildman–Crippen MR) is 95.2 cm³/mol. The molecule has 2 aromatic carbocycles. The summed E-state index contributed by atoms with van der Waals surface area (Å²) in [6.45, 7) is 3.59. The molecule has 0 saturated heterocycles. The smallest absolute Gasteiger partial charge is 0.262 e. The van der Waals surface area contributed by atoms with Crippen LogP contribution in [0.15, 0.2) is 57.8 Å². The SMILES string of the molecule is COc1ccccc1NS(=O)(=O)c1ccc(-c2nc(C)oc2C)cc1. The Bertz CT molecular complexity index is 992. The number of sulfonamides is 1. The second kappa shape index (κ2) is 6.60. The van der Waals surface area contributed by atoms with E-state index in [-0.39, 0.29) is 4.90 Å². The highest BCUT2D eigenvalue weighted by Crippen LogP contribution is 2.28. The monoisotopic (exact) mass is 358 g/mol. The summed E-state index contributed by atoms with van der Waals surface area (Å²) in [5.41, 5.74) is 1.89. The van der Waals surface area contributed by atoms with E-state index in [1.807, 2.05) is 6.92 Å². The standard InChI is InChI=1S/C18H18N2O4S/c1-12-18(19-13(2)24-12)14-8-10-15(11-9-14)25(21,22)20-16-6-4-5-7-17(16)23-3/h4-11,20H,1-3H3. The van der Waals surface area contributed by atoms with Gasteiger partial charge < -0.3 is 9.15 Å². The van der Waals surface area contributed by atoms with Crippen LogP contribution >= 0.6 is 0 Å².